The Morgan fingerprint density at radius 3 is 2.41 bits per heavy atom. The fraction of sp³-hybridized carbons (Fsp3) is 0.273. The monoisotopic (exact) mass is 242 g/mol. The smallest absolute Gasteiger partial charge is 0.251 e. The summed E-state index contributed by atoms with van der Waals surface area (Å²) in [5, 5.41) is 10.6. The van der Waals surface area contributed by atoms with Gasteiger partial charge in [-0.3, -0.25) is 4.79 Å². The van der Waals surface area contributed by atoms with Gasteiger partial charge in [-0.1, -0.05) is 0 Å². The van der Waals surface area contributed by atoms with E-state index in [9.17, 15) is 18.0 Å². The van der Waals surface area contributed by atoms with Gasteiger partial charge in [-0.05, 0) is 18.6 Å². The summed E-state index contributed by atoms with van der Waals surface area (Å²) in [6, 6.07) is 3.13. The normalized spacial score (nSPS) is 9.76. The maximum Gasteiger partial charge on any atom is 0.251 e. The predicted molar refractivity (Wildman–Crippen MR) is 53.5 cm³/mol. The summed E-state index contributed by atoms with van der Waals surface area (Å²) < 4.78 is 38.2. The van der Waals surface area contributed by atoms with Crippen molar-refractivity contribution in [2.24, 2.45) is 0 Å². The third-order valence-electron chi connectivity index (χ3n) is 2.00. The summed E-state index contributed by atoms with van der Waals surface area (Å²) in [7, 11) is 0. The topological polar surface area (TPSA) is 52.9 Å². The first kappa shape index (κ1) is 13.0. The molecule has 0 atom stereocenters. The lowest BCUT2D eigenvalue weighted by Crippen LogP contribution is -2.24. The molecule has 0 aromatic heterocycles. The van der Waals surface area contributed by atoms with Gasteiger partial charge in [-0.15, -0.1) is 0 Å². The molecule has 1 aromatic carbocycles. The Labute approximate surface area is 95.9 Å². The molecule has 1 amide bonds. The zero-order valence-corrected chi connectivity index (χ0v) is 8.77. The molecule has 0 unspecified atom stereocenters. The lowest BCUT2D eigenvalue weighted by atomic mass is 10.2. The molecule has 0 heterocycles. The molecule has 0 fully saturated rings. The van der Waals surface area contributed by atoms with Gasteiger partial charge in [0.1, 0.15) is 0 Å². The summed E-state index contributed by atoms with van der Waals surface area (Å²) in [5.74, 6) is -5.13. The summed E-state index contributed by atoms with van der Waals surface area (Å²) in [5.41, 5.74) is -0.293. The SMILES string of the molecule is N#CCCCNC(=O)c1cc(F)c(F)c(F)c1. The van der Waals surface area contributed by atoms with Gasteiger partial charge in [0, 0.05) is 18.5 Å². The molecule has 90 valence electrons. The molecule has 0 saturated carbocycles. The van der Waals surface area contributed by atoms with Crippen molar-refractivity contribution in [1.29, 1.82) is 5.26 Å². The average molecular weight is 242 g/mol. The number of nitriles is 1. The third kappa shape index (κ3) is 3.48. The van der Waals surface area contributed by atoms with Crippen LogP contribution in [0.5, 0.6) is 0 Å². The fourth-order valence-electron chi connectivity index (χ4n) is 1.16. The number of amides is 1. The number of carbonyl (C=O) groups is 1. The second kappa shape index (κ2) is 5.89. The lowest BCUT2D eigenvalue weighted by Gasteiger charge is -2.04. The van der Waals surface area contributed by atoms with Crippen LogP contribution in [0.3, 0.4) is 0 Å². The second-order valence-electron chi connectivity index (χ2n) is 3.27. The van der Waals surface area contributed by atoms with Gasteiger partial charge < -0.3 is 5.32 Å². The number of nitrogens with zero attached hydrogens (tertiary/aromatic N) is 1. The van der Waals surface area contributed by atoms with Gasteiger partial charge in [-0.2, -0.15) is 5.26 Å². The van der Waals surface area contributed by atoms with E-state index in [1.54, 1.807) is 0 Å². The van der Waals surface area contributed by atoms with Crippen LogP contribution < -0.4 is 5.32 Å². The summed E-state index contributed by atoms with van der Waals surface area (Å²) in [4.78, 5) is 11.4. The number of carbonyl (C=O) groups excluding carboxylic acids is 1. The van der Waals surface area contributed by atoms with E-state index < -0.39 is 23.4 Å². The van der Waals surface area contributed by atoms with Gasteiger partial charge in [0.25, 0.3) is 5.91 Å². The van der Waals surface area contributed by atoms with Gasteiger partial charge in [-0.25, -0.2) is 13.2 Å². The summed E-state index contributed by atoms with van der Waals surface area (Å²) in [6.45, 7) is 0.215. The van der Waals surface area contributed by atoms with Crippen LogP contribution in [-0.2, 0) is 0 Å². The van der Waals surface area contributed by atoms with Crippen molar-refractivity contribution in [1.82, 2.24) is 5.32 Å². The highest BCUT2D eigenvalue weighted by Crippen LogP contribution is 2.13. The Kier molecular flexibility index (Phi) is 4.52. The number of hydrogen-bond acceptors (Lipinski definition) is 2. The molecule has 0 radical (unpaired) electrons. The molecule has 1 N–H and O–H groups in total. The van der Waals surface area contributed by atoms with Crippen LogP contribution in [0.25, 0.3) is 0 Å². The van der Waals surface area contributed by atoms with E-state index in [2.05, 4.69) is 5.32 Å². The number of hydrogen-bond donors (Lipinski definition) is 1. The molecule has 0 bridgehead atoms. The van der Waals surface area contributed by atoms with E-state index in [1.165, 1.54) is 0 Å². The standard InChI is InChI=1S/C11H9F3N2O/c12-8-5-7(6-9(13)10(8)14)11(17)16-4-2-1-3-15/h5-6H,1-2,4H2,(H,16,17). The molecule has 3 nitrogen and oxygen atoms in total. The molecule has 6 heteroatoms. The highest BCUT2D eigenvalue weighted by Gasteiger charge is 2.14. The van der Waals surface area contributed by atoms with Crippen molar-refractivity contribution in [3.05, 3.63) is 35.1 Å². The quantitative estimate of drug-likeness (QED) is 0.649. The Morgan fingerprint density at radius 2 is 1.88 bits per heavy atom. The minimum absolute atomic E-state index is 0.215. The van der Waals surface area contributed by atoms with Gasteiger partial charge in [0.05, 0.1) is 6.07 Å². The number of benzene rings is 1. The number of unbranched alkanes of at least 4 members (excludes halogenated alkanes) is 1. The van der Waals surface area contributed by atoms with E-state index in [1.807, 2.05) is 6.07 Å². The van der Waals surface area contributed by atoms with E-state index in [4.69, 9.17) is 5.26 Å². The number of halogens is 3. The van der Waals surface area contributed by atoms with E-state index in [0.29, 0.717) is 18.6 Å². The average Bonchev–Trinajstić information content (AvgIpc) is 2.30. The highest BCUT2D eigenvalue weighted by atomic mass is 19.2. The van der Waals surface area contributed by atoms with E-state index in [0.717, 1.165) is 0 Å². The first-order valence-electron chi connectivity index (χ1n) is 4.86. The van der Waals surface area contributed by atoms with Crippen molar-refractivity contribution in [2.75, 3.05) is 6.54 Å². The fourth-order valence-corrected chi connectivity index (χ4v) is 1.16. The number of rotatable bonds is 4. The molecule has 0 aliphatic heterocycles. The maximum atomic E-state index is 12.8. The van der Waals surface area contributed by atoms with Crippen LogP contribution in [0, 0.1) is 28.8 Å². The Morgan fingerprint density at radius 1 is 1.29 bits per heavy atom. The second-order valence-corrected chi connectivity index (χ2v) is 3.27. The molecule has 0 aliphatic carbocycles. The predicted octanol–water partition coefficient (Wildman–Crippen LogP) is 2.14. The van der Waals surface area contributed by atoms with Crippen LogP contribution >= 0.6 is 0 Å². The Bertz CT molecular complexity index is 445. The molecule has 0 saturated heterocycles. The minimum Gasteiger partial charge on any atom is -0.352 e. The lowest BCUT2D eigenvalue weighted by molar-refractivity contribution is 0.0952. The summed E-state index contributed by atoms with van der Waals surface area (Å²) >= 11 is 0. The Hall–Kier alpha value is -2.03. The third-order valence-corrected chi connectivity index (χ3v) is 2.00. The van der Waals surface area contributed by atoms with Crippen LogP contribution in [0.4, 0.5) is 13.2 Å². The van der Waals surface area contributed by atoms with Crippen molar-refractivity contribution in [2.45, 2.75) is 12.8 Å². The minimum atomic E-state index is -1.61. The molecule has 1 rings (SSSR count). The van der Waals surface area contributed by atoms with Crippen LogP contribution in [0.2, 0.25) is 0 Å². The van der Waals surface area contributed by atoms with Crippen LogP contribution in [0.15, 0.2) is 12.1 Å². The molecule has 0 spiro atoms. The van der Waals surface area contributed by atoms with Crippen molar-refractivity contribution >= 4 is 5.91 Å². The molecule has 17 heavy (non-hydrogen) atoms. The largest absolute Gasteiger partial charge is 0.352 e. The van der Waals surface area contributed by atoms with Crippen molar-refractivity contribution in [3.63, 3.8) is 0 Å². The first-order valence-corrected chi connectivity index (χ1v) is 4.86. The van der Waals surface area contributed by atoms with Crippen molar-refractivity contribution in [3.8, 4) is 6.07 Å². The van der Waals surface area contributed by atoms with E-state index >= 15 is 0 Å². The molecule has 0 aliphatic rings. The van der Waals surface area contributed by atoms with Crippen molar-refractivity contribution < 1.29 is 18.0 Å². The van der Waals surface area contributed by atoms with Gasteiger partial charge in [0.2, 0.25) is 0 Å². The maximum absolute atomic E-state index is 12.8. The van der Waals surface area contributed by atoms with Crippen LogP contribution in [0.1, 0.15) is 23.2 Å². The molecular weight excluding hydrogens is 233 g/mol. The molecule has 1 aromatic rings. The number of nitrogens with one attached hydrogen (secondary N) is 1. The van der Waals surface area contributed by atoms with Gasteiger partial charge >= 0.3 is 0 Å². The Balaban J connectivity index is 2.67. The van der Waals surface area contributed by atoms with E-state index in [-0.39, 0.29) is 18.5 Å². The zero-order chi connectivity index (χ0) is 12.8. The summed E-state index contributed by atoms with van der Waals surface area (Å²) in [6.07, 6.45) is 0.709. The van der Waals surface area contributed by atoms with Crippen LogP contribution in [-0.4, -0.2) is 12.5 Å². The van der Waals surface area contributed by atoms with Gasteiger partial charge in [0.15, 0.2) is 17.5 Å². The zero-order valence-electron chi connectivity index (χ0n) is 8.77. The molecular formula is C11H9F3N2O. The highest BCUT2D eigenvalue weighted by molar-refractivity contribution is 5.94. The first-order chi connectivity index (χ1) is 8.06.